The number of fused-ring (bicyclic) bond motifs is 2. The summed E-state index contributed by atoms with van der Waals surface area (Å²) in [6, 6.07) is 6.35. The number of carbonyl (C=O) groups is 1. The fourth-order valence-corrected chi connectivity index (χ4v) is 5.24. The molecular weight excluding hydrogens is 393 g/mol. The molecule has 0 radical (unpaired) electrons. The molecule has 1 heterocycles. The number of hydrogen-bond acceptors (Lipinski definition) is 6. The van der Waals surface area contributed by atoms with Gasteiger partial charge in [0, 0.05) is 6.04 Å². The van der Waals surface area contributed by atoms with E-state index >= 15 is 0 Å². The molecule has 6 nitrogen and oxygen atoms in total. The Hall–Kier alpha value is -2.09. The van der Waals surface area contributed by atoms with Crippen LogP contribution in [0.4, 0.5) is 4.39 Å². The summed E-state index contributed by atoms with van der Waals surface area (Å²) in [6.45, 7) is 3.82. The van der Waals surface area contributed by atoms with Crippen LogP contribution in [0.25, 0.3) is 0 Å². The van der Waals surface area contributed by atoms with Crippen molar-refractivity contribution >= 4 is 17.7 Å². The second-order valence-electron chi connectivity index (χ2n) is 8.08. The zero-order valence-corrected chi connectivity index (χ0v) is 17.5. The molecule has 4 rings (SSSR count). The van der Waals surface area contributed by atoms with E-state index in [9.17, 15) is 9.18 Å². The lowest BCUT2D eigenvalue weighted by Gasteiger charge is -2.28. The van der Waals surface area contributed by atoms with Crippen molar-refractivity contribution in [2.24, 2.45) is 17.8 Å². The molecule has 0 spiro atoms. The number of thioether (sulfide) groups is 1. The number of halogens is 1. The van der Waals surface area contributed by atoms with Crippen molar-refractivity contribution in [2.45, 2.75) is 56.9 Å². The highest BCUT2D eigenvalue weighted by molar-refractivity contribution is 7.99. The van der Waals surface area contributed by atoms with Gasteiger partial charge in [-0.15, -0.1) is 10.2 Å². The first-order valence-corrected chi connectivity index (χ1v) is 11.1. The molecule has 1 aromatic carbocycles. The monoisotopic (exact) mass is 419 g/mol. The number of nitrogens with one attached hydrogen (secondary N) is 1. The third kappa shape index (κ3) is 4.74. The van der Waals surface area contributed by atoms with Gasteiger partial charge in [0.25, 0.3) is 11.1 Å². The third-order valence-electron chi connectivity index (χ3n) is 6.06. The van der Waals surface area contributed by atoms with Crippen LogP contribution in [0.15, 0.2) is 33.9 Å². The molecule has 2 aromatic rings. The van der Waals surface area contributed by atoms with Gasteiger partial charge in [0.05, 0.1) is 5.75 Å². The van der Waals surface area contributed by atoms with Gasteiger partial charge < -0.3 is 14.5 Å². The second kappa shape index (κ2) is 8.73. The third-order valence-corrected chi connectivity index (χ3v) is 6.88. The smallest absolute Gasteiger partial charge is 0.277 e. The van der Waals surface area contributed by atoms with Crippen LogP contribution in [0.1, 0.15) is 51.5 Å². The lowest BCUT2D eigenvalue weighted by atomic mass is 9.84. The lowest BCUT2D eigenvalue weighted by Crippen LogP contribution is -2.40. The number of ether oxygens (including phenoxy) is 1. The Morgan fingerprint density at radius 3 is 2.86 bits per heavy atom. The van der Waals surface area contributed by atoms with E-state index in [0.717, 1.165) is 11.8 Å². The van der Waals surface area contributed by atoms with Crippen LogP contribution in [0.3, 0.4) is 0 Å². The van der Waals surface area contributed by atoms with Crippen molar-refractivity contribution in [3.8, 4) is 5.75 Å². The molecule has 8 heteroatoms. The minimum absolute atomic E-state index is 0.0271. The van der Waals surface area contributed by atoms with Crippen LogP contribution in [0, 0.1) is 23.6 Å². The Morgan fingerprint density at radius 1 is 1.31 bits per heavy atom. The van der Waals surface area contributed by atoms with Crippen LogP contribution in [0.2, 0.25) is 0 Å². The summed E-state index contributed by atoms with van der Waals surface area (Å²) >= 11 is 1.19. The summed E-state index contributed by atoms with van der Waals surface area (Å²) < 4.78 is 24.8. The van der Waals surface area contributed by atoms with Gasteiger partial charge in [-0.2, -0.15) is 0 Å². The van der Waals surface area contributed by atoms with Crippen molar-refractivity contribution in [1.82, 2.24) is 15.5 Å². The maximum atomic E-state index is 13.7. The van der Waals surface area contributed by atoms with Crippen LogP contribution in [-0.2, 0) is 4.79 Å². The van der Waals surface area contributed by atoms with Crippen molar-refractivity contribution in [2.75, 3.05) is 5.75 Å². The minimum Gasteiger partial charge on any atom is -0.478 e. The minimum atomic E-state index is -0.597. The number of carbonyl (C=O) groups excluding carboxylic acids is 1. The van der Waals surface area contributed by atoms with Crippen LogP contribution in [-0.4, -0.2) is 27.9 Å². The van der Waals surface area contributed by atoms with Crippen LogP contribution >= 0.6 is 11.8 Å². The zero-order chi connectivity index (χ0) is 20.4. The maximum Gasteiger partial charge on any atom is 0.277 e. The summed E-state index contributed by atoms with van der Waals surface area (Å²) in [5.74, 6) is 2.36. The van der Waals surface area contributed by atoms with Gasteiger partial charge in [-0.25, -0.2) is 4.39 Å². The number of rotatable bonds is 8. The summed E-state index contributed by atoms with van der Waals surface area (Å²) in [5, 5.41) is 11.3. The first-order chi connectivity index (χ1) is 14.0. The predicted molar refractivity (Wildman–Crippen MR) is 107 cm³/mol. The summed E-state index contributed by atoms with van der Waals surface area (Å²) in [5.41, 5.74) is 0. The highest BCUT2D eigenvalue weighted by atomic mass is 32.2. The van der Waals surface area contributed by atoms with Gasteiger partial charge in [-0.05, 0) is 63.0 Å². The Kier molecular flexibility index (Phi) is 6.08. The fraction of sp³-hybridized carbons (Fsp3) is 0.571. The molecule has 1 N–H and O–H groups in total. The predicted octanol–water partition coefficient (Wildman–Crippen LogP) is 4.38. The molecule has 2 fully saturated rings. The molecule has 2 saturated carbocycles. The first kappa shape index (κ1) is 20.2. The molecule has 0 aliphatic heterocycles. The first-order valence-electron chi connectivity index (χ1n) is 10.2. The largest absolute Gasteiger partial charge is 0.478 e. The van der Waals surface area contributed by atoms with Gasteiger partial charge in [0.2, 0.25) is 5.91 Å². The average molecular weight is 420 g/mol. The second-order valence-corrected chi connectivity index (χ2v) is 9.01. The fourth-order valence-electron chi connectivity index (χ4n) is 4.66. The van der Waals surface area contributed by atoms with Crippen molar-refractivity contribution in [1.29, 1.82) is 0 Å². The topological polar surface area (TPSA) is 77.2 Å². The Balaban J connectivity index is 1.24. The molecule has 5 unspecified atom stereocenters. The van der Waals surface area contributed by atoms with E-state index < -0.39 is 11.9 Å². The quantitative estimate of drug-likeness (QED) is 0.640. The van der Waals surface area contributed by atoms with Gasteiger partial charge in [-0.1, -0.05) is 30.3 Å². The van der Waals surface area contributed by atoms with Crippen molar-refractivity contribution < 1.29 is 18.3 Å². The van der Waals surface area contributed by atoms with Gasteiger partial charge in [-0.3, -0.25) is 4.79 Å². The molecule has 5 atom stereocenters. The average Bonchev–Trinajstić information content (AvgIpc) is 3.45. The summed E-state index contributed by atoms with van der Waals surface area (Å²) in [7, 11) is 0. The molecule has 2 aliphatic carbocycles. The number of hydrogen-bond donors (Lipinski definition) is 1. The molecule has 29 heavy (non-hydrogen) atoms. The van der Waals surface area contributed by atoms with E-state index in [-0.39, 0.29) is 29.3 Å². The van der Waals surface area contributed by atoms with Gasteiger partial charge >= 0.3 is 0 Å². The van der Waals surface area contributed by atoms with Gasteiger partial charge in [0.15, 0.2) is 17.7 Å². The molecule has 0 saturated heterocycles. The standard InChI is InChI=1S/C21H26FN3O3S/c1-12(16-10-14-7-8-15(16)9-14)23-19(26)11-29-21-25-24-20(28-21)13(2)27-18-6-4-3-5-17(18)22/h3-6,12-16H,7-11H2,1-2H3,(H,23,26). The number of aromatic nitrogens is 2. The van der Waals surface area contributed by atoms with Crippen molar-refractivity contribution in [3.05, 3.63) is 36.0 Å². The lowest BCUT2D eigenvalue weighted by molar-refractivity contribution is -0.119. The van der Waals surface area contributed by atoms with Crippen LogP contribution in [0.5, 0.6) is 5.75 Å². The molecule has 2 aliphatic rings. The van der Waals surface area contributed by atoms with Crippen LogP contribution < -0.4 is 10.1 Å². The highest BCUT2D eigenvalue weighted by Crippen LogP contribution is 2.49. The Bertz CT molecular complexity index is 861. The van der Waals surface area contributed by atoms with E-state index in [1.807, 2.05) is 0 Å². The molecular formula is C21H26FN3O3S. The molecule has 1 aromatic heterocycles. The number of benzene rings is 1. The van der Waals surface area contributed by atoms with E-state index in [1.54, 1.807) is 25.1 Å². The Labute approximate surface area is 174 Å². The molecule has 156 valence electrons. The SMILES string of the molecule is CC(Oc1ccccc1F)c1nnc(SCC(=O)NC(C)C2CC3CCC2C3)o1. The van der Waals surface area contributed by atoms with Crippen molar-refractivity contribution in [3.63, 3.8) is 0 Å². The normalized spacial score (nSPS) is 25.0. The molecule has 2 bridgehead atoms. The number of nitrogens with zero attached hydrogens (tertiary/aromatic N) is 2. The van der Waals surface area contributed by atoms with E-state index in [0.29, 0.717) is 11.1 Å². The maximum absolute atomic E-state index is 13.7. The van der Waals surface area contributed by atoms with Gasteiger partial charge in [0.1, 0.15) is 0 Å². The van der Waals surface area contributed by atoms with E-state index in [2.05, 4.69) is 22.4 Å². The zero-order valence-electron chi connectivity index (χ0n) is 16.6. The summed E-state index contributed by atoms with van der Waals surface area (Å²) in [4.78, 5) is 12.3. The molecule has 1 amide bonds. The van der Waals surface area contributed by atoms with E-state index in [1.165, 1.54) is 43.5 Å². The summed E-state index contributed by atoms with van der Waals surface area (Å²) in [6.07, 6.45) is 4.64. The number of para-hydroxylation sites is 1. The van der Waals surface area contributed by atoms with E-state index in [4.69, 9.17) is 9.15 Å². The Morgan fingerprint density at radius 2 is 2.14 bits per heavy atom. The number of amides is 1. The highest BCUT2D eigenvalue weighted by Gasteiger charge is 2.42.